The molecule has 0 saturated carbocycles. The Morgan fingerprint density at radius 1 is 1.52 bits per heavy atom. The number of fused-ring (bicyclic) bond motifs is 1. The minimum atomic E-state index is -0.982. The van der Waals surface area contributed by atoms with Crippen LogP contribution >= 0.6 is 0 Å². The number of hydrogen-bond acceptors (Lipinski definition) is 5. The number of amides is 2. The average molecular weight is 293 g/mol. The van der Waals surface area contributed by atoms with Crippen LogP contribution in [0.5, 0.6) is 5.75 Å². The fraction of sp³-hybridized carbons (Fsp3) is 0.385. The summed E-state index contributed by atoms with van der Waals surface area (Å²) in [7, 11) is 1.50. The Morgan fingerprint density at radius 3 is 3.00 bits per heavy atom. The van der Waals surface area contributed by atoms with Gasteiger partial charge in [0.2, 0.25) is 5.91 Å². The van der Waals surface area contributed by atoms with Crippen LogP contribution in [-0.4, -0.2) is 59.5 Å². The van der Waals surface area contributed by atoms with E-state index in [1.54, 1.807) is 12.1 Å². The quantitative estimate of drug-likeness (QED) is 0.803. The number of carbonyl (C=O) groups excluding carboxylic acids is 2. The first-order valence-corrected chi connectivity index (χ1v) is 6.33. The molecule has 21 heavy (non-hydrogen) atoms. The van der Waals surface area contributed by atoms with Gasteiger partial charge in [0, 0.05) is 19.8 Å². The third-order valence-corrected chi connectivity index (χ3v) is 3.04. The van der Waals surface area contributed by atoms with Crippen molar-refractivity contribution in [2.24, 2.45) is 0 Å². The van der Waals surface area contributed by atoms with E-state index in [0.717, 1.165) is 0 Å². The molecule has 0 spiro atoms. The maximum Gasteiger partial charge on any atom is 0.305 e. The first-order chi connectivity index (χ1) is 9.99. The van der Waals surface area contributed by atoms with Gasteiger partial charge in [-0.15, -0.1) is 0 Å². The van der Waals surface area contributed by atoms with Crippen LogP contribution in [0.1, 0.15) is 6.42 Å². The van der Waals surface area contributed by atoms with Gasteiger partial charge in [0.05, 0.1) is 6.42 Å². The number of carbonyl (C=O) groups is 3. The van der Waals surface area contributed by atoms with Crippen LogP contribution in [-0.2, 0) is 14.4 Å². The summed E-state index contributed by atoms with van der Waals surface area (Å²) in [6.07, 6.45) is 1.36. The van der Waals surface area contributed by atoms with Gasteiger partial charge < -0.3 is 14.7 Å². The summed E-state index contributed by atoms with van der Waals surface area (Å²) in [5.41, 5.74) is 0. The maximum absolute atomic E-state index is 12.0. The monoisotopic (exact) mass is 293 g/mol. The Bertz CT molecular complexity index is 575. The van der Waals surface area contributed by atoms with Gasteiger partial charge in [-0.2, -0.15) is 0 Å². The van der Waals surface area contributed by atoms with E-state index in [-0.39, 0.29) is 37.9 Å². The van der Waals surface area contributed by atoms with E-state index >= 15 is 0 Å². The number of anilines is 1. The van der Waals surface area contributed by atoms with Gasteiger partial charge >= 0.3 is 5.97 Å². The lowest BCUT2D eigenvalue weighted by atomic mass is 10.3. The summed E-state index contributed by atoms with van der Waals surface area (Å²) in [6, 6.07) is 3.34. The Morgan fingerprint density at radius 2 is 2.29 bits per heavy atom. The highest BCUT2D eigenvalue weighted by Gasteiger charge is 2.29. The molecule has 2 heterocycles. The van der Waals surface area contributed by atoms with Gasteiger partial charge in [0.1, 0.15) is 6.54 Å². The number of rotatable bonds is 5. The van der Waals surface area contributed by atoms with Crippen molar-refractivity contribution in [1.82, 2.24) is 9.88 Å². The average Bonchev–Trinajstić information content (AvgIpc) is 2.47. The van der Waals surface area contributed by atoms with Gasteiger partial charge in [0.15, 0.2) is 18.2 Å². The molecule has 1 N–H and O–H groups in total. The van der Waals surface area contributed by atoms with Crippen LogP contribution in [0.3, 0.4) is 0 Å². The second kappa shape index (κ2) is 6.21. The zero-order chi connectivity index (χ0) is 15.4. The standard InChI is InChI=1S/C13H15N3O5/c1-15(6-4-12(19)20)10(17)7-16-11(18)8-21-9-3-2-5-14-13(9)16/h2-3,5H,4,6-8H2,1H3,(H,19,20). The molecule has 2 rings (SSSR count). The molecule has 2 amide bonds. The molecule has 0 aromatic carbocycles. The first kappa shape index (κ1) is 14.8. The Kier molecular flexibility index (Phi) is 4.36. The van der Waals surface area contributed by atoms with E-state index in [9.17, 15) is 14.4 Å². The normalized spacial score (nSPS) is 13.4. The van der Waals surface area contributed by atoms with Crippen molar-refractivity contribution < 1.29 is 24.2 Å². The van der Waals surface area contributed by atoms with Gasteiger partial charge in [-0.3, -0.25) is 19.3 Å². The maximum atomic E-state index is 12.0. The molecule has 0 bridgehead atoms. The lowest BCUT2D eigenvalue weighted by Crippen LogP contribution is -2.46. The largest absolute Gasteiger partial charge is 0.481 e. The summed E-state index contributed by atoms with van der Waals surface area (Å²) < 4.78 is 5.23. The molecule has 8 nitrogen and oxygen atoms in total. The smallest absolute Gasteiger partial charge is 0.305 e. The molecular weight excluding hydrogens is 278 g/mol. The van der Waals surface area contributed by atoms with Crippen molar-refractivity contribution in [1.29, 1.82) is 0 Å². The lowest BCUT2D eigenvalue weighted by Gasteiger charge is -2.29. The van der Waals surface area contributed by atoms with E-state index in [4.69, 9.17) is 9.84 Å². The van der Waals surface area contributed by atoms with Crippen molar-refractivity contribution in [2.75, 3.05) is 31.6 Å². The van der Waals surface area contributed by atoms with Crippen molar-refractivity contribution in [3.63, 3.8) is 0 Å². The number of carboxylic acid groups (broad SMARTS) is 1. The van der Waals surface area contributed by atoms with E-state index < -0.39 is 5.97 Å². The summed E-state index contributed by atoms with van der Waals surface area (Å²) >= 11 is 0. The first-order valence-electron chi connectivity index (χ1n) is 6.33. The molecule has 8 heteroatoms. The number of carboxylic acids is 1. The molecule has 1 aromatic heterocycles. The number of aliphatic carboxylic acids is 1. The van der Waals surface area contributed by atoms with E-state index in [0.29, 0.717) is 11.6 Å². The van der Waals surface area contributed by atoms with Crippen LogP contribution in [0, 0.1) is 0 Å². The Hall–Kier alpha value is -2.64. The van der Waals surface area contributed by atoms with Crippen LogP contribution in [0.4, 0.5) is 5.82 Å². The number of hydrogen-bond donors (Lipinski definition) is 1. The minimum absolute atomic E-state index is 0.0851. The highest BCUT2D eigenvalue weighted by Crippen LogP contribution is 2.28. The summed E-state index contributed by atoms with van der Waals surface area (Å²) in [6.45, 7) is -0.255. The van der Waals surface area contributed by atoms with Crippen molar-refractivity contribution in [2.45, 2.75) is 6.42 Å². The van der Waals surface area contributed by atoms with Crippen LogP contribution < -0.4 is 9.64 Å². The van der Waals surface area contributed by atoms with Crippen LogP contribution in [0.15, 0.2) is 18.3 Å². The molecular formula is C13H15N3O5. The molecule has 0 atom stereocenters. The molecule has 0 saturated heterocycles. The van der Waals surface area contributed by atoms with Crippen LogP contribution in [0.25, 0.3) is 0 Å². The van der Waals surface area contributed by atoms with Gasteiger partial charge in [-0.1, -0.05) is 0 Å². The Balaban J connectivity index is 2.06. The highest BCUT2D eigenvalue weighted by molar-refractivity contribution is 6.01. The molecule has 1 aliphatic rings. The second-order valence-corrected chi connectivity index (χ2v) is 4.55. The molecule has 112 valence electrons. The van der Waals surface area contributed by atoms with E-state index in [1.165, 1.54) is 23.0 Å². The highest BCUT2D eigenvalue weighted by atomic mass is 16.5. The molecule has 0 radical (unpaired) electrons. The topological polar surface area (TPSA) is 100 Å². The molecule has 0 unspecified atom stereocenters. The third kappa shape index (κ3) is 3.47. The number of ether oxygens (including phenoxy) is 1. The lowest BCUT2D eigenvalue weighted by molar-refractivity contribution is -0.138. The Labute approximate surface area is 120 Å². The molecule has 1 aromatic rings. The number of likely N-dealkylation sites (N-methyl/N-ethyl adjacent to an activating group) is 1. The summed E-state index contributed by atoms with van der Waals surface area (Å²) in [5.74, 6) is -0.958. The minimum Gasteiger partial charge on any atom is -0.481 e. The molecule has 1 aliphatic heterocycles. The van der Waals surface area contributed by atoms with E-state index in [2.05, 4.69) is 4.98 Å². The second-order valence-electron chi connectivity index (χ2n) is 4.55. The van der Waals surface area contributed by atoms with Gasteiger partial charge in [0.25, 0.3) is 5.91 Å². The molecule has 0 fully saturated rings. The summed E-state index contributed by atoms with van der Waals surface area (Å²) in [5, 5.41) is 8.61. The third-order valence-electron chi connectivity index (χ3n) is 3.04. The summed E-state index contributed by atoms with van der Waals surface area (Å²) in [4.78, 5) is 41.0. The predicted octanol–water partition coefficient (Wildman–Crippen LogP) is -0.260. The van der Waals surface area contributed by atoms with Gasteiger partial charge in [-0.25, -0.2) is 4.98 Å². The van der Waals surface area contributed by atoms with Gasteiger partial charge in [-0.05, 0) is 12.1 Å². The zero-order valence-electron chi connectivity index (χ0n) is 11.5. The fourth-order valence-electron chi connectivity index (χ4n) is 1.84. The number of pyridine rings is 1. The fourth-order valence-corrected chi connectivity index (χ4v) is 1.84. The van der Waals surface area contributed by atoms with Crippen molar-refractivity contribution >= 4 is 23.6 Å². The SMILES string of the molecule is CN(CCC(=O)O)C(=O)CN1C(=O)COc2cccnc21. The van der Waals surface area contributed by atoms with Crippen molar-refractivity contribution in [3.05, 3.63) is 18.3 Å². The zero-order valence-corrected chi connectivity index (χ0v) is 11.5. The number of aromatic nitrogens is 1. The van der Waals surface area contributed by atoms with E-state index in [1.807, 2.05) is 0 Å². The van der Waals surface area contributed by atoms with Crippen molar-refractivity contribution in [3.8, 4) is 5.75 Å². The van der Waals surface area contributed by atoms with Crippen LogP contribution in [0.2, 0.25) is 0 Å². The predicted molar refractivity (Wildman–Crippen MR) is 72.0 cm³/mol. The molecule has 0 aliphatic carbocycles. The number of nitrogens with zero attached hydrogens (tertiary/aromatic N) is 3.